The van der Waals surface area contributed by atoms with E-state index in [1.54, 1.807) is 7.11 Å². The highest BCUT2D eigenvalue weighted by atomic mass is 16.5. The zero-order valence-electron chi connectivity index (χ0n) is 9.98. The third kappa shape index (κ3) is 3.20. The molecule has 1 aromatic carbocycles. The van der Waals surface area contributed by atoms with E-state index in [1.807, 2.05) is 24.3 Å². The molecule has 1 aromatic rings. The van der Waals surface area contributed by atoms with Crippen molar-refractivity contribution in [2.24, 2.45) is 11.7 Å². The van der Waals surface area contributed by atoms with Gasteiger partial charge in [-0.3, -0.25) is 4.79 Å². The van der Waals surface area contributed by atoms with E-state index in [4.69, 9.17) is 10.5 Å². The summed E-state index contributed by atoms with van der Waals surface area (Å²) in [5, 5.41) is 3.22. The van der Waals surface area contributed by atoms with Gasteiger partial charge in [0.25, 0.3) is 0 Å². The lowest BCUT2D eigenvalue weighted by Gasteiger charge is -2.18. The highest BCUT2D eigenvalue weighted by Crippen LogP contribution is 2.41. The van der Waals surface area contributed by atoms with Crippen LogP contribution in [0.4, 0.5) is 0 Å². The lowest BCUT2D eigenvalue weighted by molar-refractivity contribution is -0.117. The van der Waals surface area contributed by atoms with Gasteiger partial charge >= 0.3 is 0 Å². The average Bonchev–Trinajstić information content (AvgIpc) is 3.14. The second-order valence-corrected chi connectivity index (χ2v) is 4.44. The Morgan fingerprint density at radius 2 is 2.12 bits per heavy atom. The number of primary amides is 1. The number of amides is 1. The molecule has 0 heterocycles. The van der Waals surface area contributed by atoms with Crippen LogP contribution in [0, 0.1) is 5.92 Å². The molecule has 0 radical (unpaired) electrons. The molecule has 1 aliphatic carbocycles. The topological polar surface area (TPSA) is 64.3 Å². The van der Waals surface area contributed by atoms with Gasteiger partial charge in [0.05, 0.1) is 13.7 Å². The number of rotatable bonds is 6. The molecule has 0 aromatic heterocycles. The number of hydrogen-bond acceptors (Lipinski definition) is 3. The molecule has 1 unspecified atom stereocenters. The van der Waals surface area contributed by atoms with E-state index in [0.29, 0.717) is 5.92 Å². The van der Waals surface area contributed by atoms with Gasteiger partial charge in [-0.1, -0.05) is 12.1 Å². The van der Waals surface area contributed by atoms with Gasteiger partial charge in [0.15, 0.2) is 0 Å². The highest BCUT2D eigenvalue weighted by molar-refractivity contribution is 5.75. The van der Waals surface area contributed by atoms with Crippen LogP contribution in [-0.4, -0.2) is 19.6 Å². The predicted octanol–water partition coefficient (Wildman–Crippen LogP) is 1.22. The summed E-state index contributed by atoms with van der Waals surface area (Å²) in [5.41, 5.74) is 6.35. The lowest BCUT2D eigenvalue weighted by Crippen LogP contribution is -2.32. The number of methoxy groups -OCH3 is 1. The van der Waals surface area contributed by atoms with Crippen molar-refractivity contribution in [2.75, 3.05) is 13.7 Å². The van der Waals surface area contributed by atoms with Gasteiger partial charge in [-0.05, 0) is 36.5 Å². The zero-order valence-corrected chi connectivity index (χ0v) is 9.98. The van der Waals surface area contributed by atoms with Gasteiger partial charge in [0.1, 0.15) is 5.75 Å². The third-order valence-corrected chi connectivity index (χ3v) is 3.06. The van der Waals surface area contributed by atoms with Crippen LogP contribution in [0.25, 0.3) is 0 Å². The van der Waals surface area contributed by atoms with E-state index in [9.17, 15) is 4.79 Å². The molecule has 1 atom stereocenters. The van der Waals surface area contributed by atoms with Crippen molar-refractivity contribution in [3.63, 3.8) is 0 Å². The maximum Gasteiger partial charge on any atom is 0.231 e. The minimum Gasteiger partial charge on any atom is -0.497 e. The summed E-state index contributed by atoms with van der Waals surface area (Å²) in [4.78, 5) is 10.8. The smallest absolute Gasteiger partial charge is 0.231 e. The number of carbonyl (C=O) groups excluding carboxylic acids is 1. The molecule has 4 heteroatoms. The molecule has 1 saturated carbocycles. The van der Waals surface area contributed by atoms with E-state index in [0.717, 1.165) is 5.75 Å². The second kappa shape index (κ2) is 5.19. The fourth-order valence-electron chi connectivity index (χ4n) is 2.01. The SMILES string of the molecule is COc1ccc(C(NCC(N)=O)C2CC2)cc1. The van der Waals surface area contributed by atoms with E-state index in [-0.39, 0.29) is 18.5 Å². The summed E-state index contributed by atoms with van der Waals surface area (Å²) < 4.78 is 5.13. The molecule has 17 heavy (non-hydrogen) atoms. The van der Waals surface area contributed by atoms with Crippen molar-refractivity contribution in [1.82, 2.24) is 5.32 Å². The van der Waals surface area contributed by atoms with E-state index >= 15 is 0 Å². The molecule has 92 valence electrons. The van der Waals surface area contributed by atoms with E-state index < -0.39 is 0 Å². The Morgan fingerprint density at radius 1 is 1.47 bits per heavy atom. The first-order valence-electron chi connectivity index (χ1n) is 5.86. The minimum atomic E-state index is -0.316. The zero-order chi connectivity index (χ0) is 12.3. The summed E-state index contributed by atoms with van der Waals surface area (Å²) in [6, 6.07) is 8.19. The standard InChI is InChI=1S/C13H18N2O2/c1-17-11-6-4-10(5-7-11)13(9-2-3-9)15-8-12(14)16/h4-7,9,13,15H,2-3,8H2,1H3,(H2,14,16). The van der Waals surface area contributed by atoms with Crippen LogP contribution in [0.15, 0.2) is 24.3 Å². The van der Waals surface area contributed by atoms with Crippen molar-refractivity contribution < 1.29 is 9.53 Å². The molecule has 0 spiro atoms. The fraction of sp³-hybridized carbons (Fsp3) is 0.462. The molecule has 0 aliphatic heterocycles. The Labute approximate surface area is 101 Å². The van der Waals surface area contributed by atoms with Crippen LogP contribution in [0.5, 0.6) is 5.75 Å². The minimum absolute atomic E-state index is 0.229. The Hall–Kier alpha value is -1.55. The summed E-state index contributed by atoms with van der Waals surface area (Å²) in [6.45, 7) is 0.229. The number of hydrogen-bond donors (Lipinski definition) is 2. The van der Waals surface area contributed by atoms with Crippen molar-refractivity contribution in [1.29, 1.82) is 0 Å². The van der Waals surface area contributed by atoms with Gasteiger partial charge in [0.2, 0.25) is 5.91 Å². The molecule has 1 aliphatic rings. The molecule has 1 fully saturated rings. The number of ether oxygens (including phenoxy) is 1. The molecule has 0 saturated heterocycles. The summed E-state index contributed by atoms with van der Waals surface area (Å²) in [7, 11) is 1.65. The van der Waals surface area contributed by atoms with Gasteiger partial charge in [-0.15, -0.1) is 0 Å². The first kappa shape index (κ1) is 11.9. The van der Waals surface area contributed by atoms with E-state index in [1.165, 1.54) is 18.4 Å². The quantitative estimate of drug-likeness (QED) is 0.778. The number of nitrogens with one attached hydrogen (secondary N) is 1. The Bertz CT molecular complexity index is 385. The summed E-state index contributed by atoms with van der Waals surface area (Å²) in [6.07, 6.45) is 2.42. The molecule has 2 rings (SSSR count). The average molecular weight is 234 g/mol. The summed E-state index contributed by atoms with van der Waals surface area (Å²) >= 11 is 0. The fourth-order valence-corrected chi connectivity index (χ4v) is 2.01. The van der Waals surface area contributed by atoms with Crippen LogP contribution in [0.1, 0.15) is 24.4 Å². The number of carbonyl (C=O) groups is 1. The van der Waals surface area contributed by atoms with Gasteiger partial charge < -0.3 is 15.8 Å². The van der Waals surface area contributed by atoms with Gasteiger partial charge in [-0.25, -0.2) is 0 Å². The van der Waals surface area contributed by atoms with Crippen LogP contribution in [-0.2, 0) is 4.79 Å². The molecule has 0 bridgehead atoms. The Kier molecular flexibility index (Phi) is 3.64. The van der Waals surface area contributed by atoms with E-state index in [2.05, 4.69) is 5.32 Å². The highest BCUT2D eigenvalue weighted by Gasteiger charge is 2.32. The summed E-state index contributed by atoms with van der Waals surface area (Å²) in [5.74, 6) is 1.16. The number of benzene rings is 1. The monoisotopic (exact) mass is 234 g/mol. The lowest BCUT2D eigenvalue weighted by atomic mass is 10.0. The molecular formula is C13H18N2O2. The Balaban J connectivity index is 2.05. The van der Waals surface area contributed by atoms with Crippen molar-refractivity contribution in [3.05, 3.63) is 29.8 Å². The molecule has 3 N–H and O–H groups in total. The predicted molar refractivity (Wildman–Crippen MR) is 65.7 cm³/mol. The molecule has 4 nitrogen and oxygen atoms in total. The van der Waals surface area contributed by atoms with Crippen LogP contribution in [0.3, 0.4) is 0 Å². The first-order valence-corrected chi connectivity index (χ1v) is 5.86. The van der Waals surface area contributed by atoms with Crippen LogP contribution in [0.2, 0.25) is 0 Å². The van der Waals surface area contributed by atoms with Crippen molar-refractivity contribution >= 4 is 5.91 Å². The first-order chi connectivity index (χ1) is 8.20. The van der Waals surface area contributed by atoms with Crippen molar-refractivity contribution in [3.8, 4) is 5.75 Å². The molecule has 1 amide bonds. The second-order valence-electron chi connectivity index (χ2n) is 4.44. The number of nitrogens with two attached hydrogens (primary N) is 1. The maximum absolute atomic E-state index is 10.8. The third-order valence-electron chi connectivity index (χ3n) is 3.06. The van der Waals surface area contributed by atoms with Crippen molar-refractivity contribution in [2.45, 2.75) is 18.9 Å². The molecular weight excluding hydrogens is 216 g/mol. The maximum atomic E-state index is 10.8. The van der Waals surface area contributed by atoms with Crippen LogP contribution >= 0.6 is 0 Å². The Morgan fingerprint density at radius 3 is 2.59 bits per heavy atom. The van der Waals surface area contributed by atoms with Gasteiger partial charge in [-0.2, -0.15) is 0 Å². The largest absolute Gasteiger partial charge is 0.497 e. The normalized spacial score (nSPS) is 16.5. The van der Waals surface area contributed by atoms with Crippen LogP contribution < -0.4 is 15.8 Å². The van der Waals surface area contributed by atoms with Gasteiger partial charge in [0, 0.05) is 6.04 Å².